The van der Waals surface area contributed by atoms with E-state index in [0.29, 0.717) is 36.6 Å². The minimum Gasteiger partial charge on any atom is -0.493 e. The zero-order valence-corrected chi connectivity index (χ0v) is 16.7. The number of nitrogens with zero attached hydrogens (tertiary/aromatic N) is 2. The number of hydrogen-bond acceptors (Lipinski definition) is 4. The first-order chi connectivity index (χ1) is 14.7. The zero-order valence-electron chi connectivity index (χ0n) is 16.7. The third-order valence-corrected chi connectivity index (χ3v) is 5.31. The van der Waals surface area contributed by atoms with Gasteiger partial charge in [0.2, 0.25) is 5.91 Å². The van der Waals surface area contributed by atoms with E-state index in [1.807, 2.05) is 54.6 Å². The lowest BCUT2D eigenvalue weighted by Gasteiger charge is -2.18. The van der Waals surface area contributed by atoms with Gasteiger partial charge in [-0.2, -0.15) is 5.26 Å². The summed E-state index contributed by atoms with van der Waals surface area (Å²) in [5, 5.41) is 9.13. The maximum Gasteiger partial charge on any atom is 0.227 e. The highest BCUT2D eigenvalue weighted by Crippen LogP contribution is 2.37. The van der Waals surface area contributed by atoms with E-state index < -0.39 is 0 Å². The van der Waals surface area contributed by atoms with Crippen molar-refractivity contribution in [2.45, 2.75) is 18.9 Å². The van der Waals surface area contributed by atoms with Crippen molar-refractivity contribution in [3.63, 3.8) is 0 Å². The Kier molecular flexibility index (Phi) is 5.67. The zero-order chi connectivity index (χ0) is 20.9. The van der Waals surface area contributed by atoms with E-state index in [1.165, 1.54) is 0 Å². The van der Waals surface area contributed by atoms with Gasteiger partial charge in [0.1, 0.15) is 6.61 Å². The van der Waals surface area contributed by atoms with Crippen molar-refractivity contribution in [2.75, 3.05) is 18.6 Å². The molecule has 1 aliphatic heterocycles. The van der Waals surface area contributed by atoms with Crippen LogP contribution in [-0.4, -0.2) is 19.6 Å². The summed E-state index contributed by atoms with van der Waals surface area (Å²) in [6.07, 6.45) is 0.418. The van der Waals surface area contributed by atoms with E-state index in [2.05, 4.69) is 6.07 Å². The van der Waals surface area contributed by atoms with Gasteiger partial charge in [-0.3, -0.25) is 4.79 Å². The van der Waals surface area contributed by atoms with Crippen LogP contribution in [0.3, 0.4) is 0 Å². The first kappa shape index (κ1) is 19.5. The molecule has 5 nitrogen and oxygen atoms in total. The van der Waals surface area contributed by atoms with Crippen LogP contribution in [0, 0.1) is 11.3 Å². The molecule has 150 valence electrons. The van der Waals surface area contributed by atoms with Gasteiger partial charge in [0.05, 0.1) is 18.7 Å². The topological polar surface area (TPSA) is 62.6 Å². The Bertz CT molecular complexity index is 1090. The van der Waals surface area contributed by atoms with Crippen molar-refractivity contribution in [2.24, 2.45) is 0 Å². The molecule has 1 amide bonds. The normalized spacial score (nSPS) is 15.7. The van der Waals surface area contributed by atoms with Gasteiger partial charge in [0.25, 0.3) is 0 Å². The number of carbonyl (C=O) groups is 1. The molecule has 0 spiro atoms. The molecule has 1 atom stereocenters. The molecule has 0 radical (unpaired) electrons. The minimum absolute atomic E-state index is 0.0493. The highest BCUT2D eigenvalue weighted by molar-refractivity contribution is 5.96. The van der Waals surface area contributed by atoms with E-state index in [9.17, 15) is 4.79 Å². The Labute approximate surface area is 176 Å². The molecule has 3 aromatic carbocycles. The number of ether oxygens (including phenoxy) is 2. The van der Waals surface area contributed by atoms with Crippen molar-refractivity contribution in [1.29, 1.82) is 5.26 Å². The molecule has 1 heterocycles. The Morgan fingerprint density at radius 3 is 2.63 bits per heavy atom. The molecule has 30 heavy (non-hydrogen) atoms. The van der Waals surface area contributed by atoms with E-state index in [-0.39, 0.29) is 11.8 Å². The molecule has 0 saturated carbocycles. The Balaban J connectivity index is 1.53. The molecule has 1 aliphatic rings. The minimum atomic E-state index is 0.0493. The summed E-state index contributed by atoms with van der Waals surface area (Å²) >= 11 is 0. The summed E-state index contributed by atoms with van der Waals surface area (Å²) in [4.78, 5) is 14.4. The summed E-state index contributed by atoms with van der Waals surface area (Å²) in [6.45, 7) is 1.01. The van der Waals surface area contributed by atoms with E-state index in [1.54, 1.807) is 30.2 Å². The average Bonchev–Trinajstić information content (AvgIpc) is 3.19. The van der Waals surface area contributed by atoms with Crippen LogP contribution in [0.15, 0.2) is 72.8 Å². The van der Waals surface area contributed by atoms with Crippen LogP contribution in [0.5, 0.6) is 11.5 Å². The number of anilines is 1. The smallest absolute Gasteiger partial charge is 0.227 e. The van der Waals surface area contributed by atoms with Gasteiger partial charge >= 0.3 is 0 Å². The first-order valence-electron chi connectivity index (χ1n) is 9.83. The fourth-order valence-electron chi connectivity index (χ4n) is 3.72. The van der Waals surface area contributed by atoms with Crippen LogP contribution in [-0.2, 0) is 11.4 Å². The maximum absolute atomic E-state index is 12.7. The molecular weight excluding hydrogens is 376 g/mol. The van der Waals surface area contributed by atoms with E-state index >= 15 is 0 Å². The summed E-state index contributed by atoms with van der Waals surface area (Å²) in [5.41, 5.74) is 3.41. The molecule has 0 aliphatic carbocycles. The van der Waals surface area contributed by atoms with Crippen LogP contribution in [0.1, 0.15) is 29.0 Å². The molecule has 3 aromatic rings. The Morgan fingerprint density at radius 1 is 1.03 bits per heavy atom. The first-order valence-corrected chi connectivity index (χ1v) is 9.83. The predicted molar refractivity (Wildman–Crippen MR) is 115 cm³/mol. The maximum atomic E-state index is 12.7. The molecule has 0 unspecified atom stereocenters. The van der Waals surface area contributed by atoms with Crippen LogP contribution in [0.2, 0.25) is 0 Å². The predicted octanol–water partition coefficient (Wildman–Crippen LogP) is 4.67. The average molecular weight is 398 g/mol. The number of hydrogen-bond donors (Lipinski definition) is 0. The van der Waals surface area contributed by atoms with Crippen molar-refractivity contribution in [3.8, 4) is 17.6 Å². The van der Waals surface area contributed by atoms with Gasteiger partial charge in [-0.05, 0) is 41.5 Å². The number of amides is 1. The largest absolute Gasteiger partial charge is 0.493 e. The lowest BCUT2D eigenvalue weighted by Crippen LogP contribution is -2.24. The number of benzene rings is 3. The van der Waals surface area contributed by atoms with Gasteiger partial charge in [-0.25, -0.2) is 0 Å². The van der Waals surface area contributed by atoms with Gasteiger partial charge in [0.15, 0.2) is 11.5 Å². The van der Waals surface area contributed by atoms with E-state index in [0.717, 1.165) is 16.8 Å². The fraction of sp³-hybridized carbons (Fsp3) is 0.200. The van der Waals surface area contributed by atoms with E-state index in [4.69, 9.17) is 14.7 Å². The second-order valence-electron chi connectivity index (χ2n) is 7.25. The van der Waals surface area contributed by atoms with Crippen LogP contribution >= 0.6 is 0 Å². The van der Waals surface area contributed by atoms with Crippen molar-refractivity contribution >= 4 is 11.6 Å². The monoisotopic (exact) mass is 398 g/mol. The standard InChI is InChI=1S/C25H22N2O3/c1-29-23-11-10-20(13-24(23)30-17-18-6-3-2-4-7-18)21-14-25(28)27(16-21)22-9-5-8-19(12-22)15-26/h2-13,21H,14,16-17H2,1H3/t21-/m0/s1. The van der Waals surface area contributed by atoms with Crippen LogP contribution < -0.4 is 14.4 Å². The second kappa shape index (κ2) is 8.71. The van der Waals surface area contributed by atoms with Crippen molar-refractivity contribution in [3.05, 3.63) is 89.5 Å². The Morgan fingerprint density at radius 2 is 1.87 bits per heavy atom. The lowest BCUT2D eigenvalue weighted by molar-refractivity contribution is -0.117. The molecule has 0 aromatic heterocycles. The molecule has 5 heteroatoms. The second-order valence-corrected chi connectivity index (χ2v) is 7.25. The summed E-state index contributed by atoms with van der Waals surface area (Å²) in [6, 6.07) is 25.1. The highest BCUT2D eigenvalue weighted by atomic mass is 16.5. The Hall–Kier alpha value is -3.78. The molecule has 0 bridgehead atoms. The fourth-order valence-corrected chi connectivity index (χ4v) is 3.72. The quantitative estimate of drug-likeness (QED) is 0.606. The molecule has 1 fully saturated rings. The van der Waals surface area contributed by atoms with Crippen molar-refractivity contribution < 1.29 is 14.3 Å². The van der Waals surface area contributed by atoms with Crippen LogP contribution in [0.4, 0.5) is 5.69 Å². The van der Waals surface area contributed by atoms with Gasteiger partial charge < -0.3 is 14.4 Å². The molecule has 0 N–H and O–H groups in total. The number of carbonyl (C=O) groups excluding carboxylic acids is 1. The number of methoxy groups -OCH3 is 1. The van der Waals surface area contributed by atoms with Crippen LogP contribution in [0.25, 0.3) is 0 Å². The molecule has 1 saturated heterocycles. The third kappa shape index (κ3) is 4.13. The summed E-state index contributed by atoms with van der Waals surface area (Å²) < 4.78 is 11.5. The number of rotatable bonds is 6. The van der Waals surface area contributed by atoms with Crippen molar-refractivity contribution in [1.82, 2.24) is 0 Å². The lowest BCUT2D eigenvalue weighted by atomic mass is 9.98. The van der Waals surface area contributed by atoms with Gasteiger partial charge in [-0.15, -0.1) is 0 Å². The SMILES string of the molecule is COc1ccc([C@H]2CC(=O)N(c3cccc(C#N)c3)C2)cc1OCc1ccccc1. The highest BCUT2D eigenvalue weighted by Gasteiger charge is 2.32. The third-order valence-electron chi connectivity index (χ3n) is 5.31. The summed E-state index contributed by atoms with van der Waals surface area (Å²) in [5.74, 6) is 1.43. The summed E-state index contributed by atoms with van der Waals surface area (Å²) in [7, 11) is 1.62. The molecule has 4 rings (SSSR count). The van der Waals surface area contributed by atoms with Gasteiger partial charge in [0, 0.05) is 24.6 Å². The van der Waals surface area contributed by atoms with Gasteiger partial charge in [-0.1, -0.05) is 42.5 Å². The molecular formula is C25H22N2O3. The number of nitriles is 1.